The van der Waals surface area contributed by atoms with Gasteiger partial charge in [0.25, 0.3) is 0 Å². The van der Waals surface area contributed by atoms with Gasteiger partial charge < -0.3 is 25.8 Å². The first kappa shape index (κ1) is 22.4. The second kappa shape index (κ2) is 10.6. The van der Waals surface area contributed by atoms with Gasteiger partial charge in [0.1, 0.15) is 17.7 Å². The summed E-state index contributed by atoms with van der Waals surface area (Å²) >= 11 is 0. The fraction of sp³-hybridized carbons (Fsp3) is 0.273. The lowest BCUT2D eigenvalue weighted by molar-refractivity contribution is -0.125. The van der Waals surface area contributed by atoms with E-state index in [4.69, 9.17) is 4.74 Å². The number of anilines is 1. The van der Waals surface area contributed by atoms with Crippen molar-refractivity contribution in [3.05, 3.63) is 77.9 Å². The summed E-state index contributed by atoms with van der Waals surface area (Å²) in [6.07, 6.45) is 1.97. The van der Waals surface area contributed by atoms with Crippen molar-refractivity contribution in [3.8, 4) is 0 Å². The number of ether oxygens (including phenoxy) is 1. The molecule has 0 unspecified atom stereocenters. The largest absolute Gasteiger partial charge is 0.394 e. The molecule has 3 amide bonds. The summed E-state index contributed by atoms with van der Waals surface area (Å²) in [7, 11) is 0. The van der Waals surface area contributed by atoms with E-state index in [1.54, 1.807) is 24.3 Å². The molecule has 0 aliphatic carbocycles. The summed E-state index contributed by atoms with van der Waals surface area (Å²) in [5.41, 5.74) is 1.05. The van der Waals surface area contributed by atoms with E-state index in [9.17, 15) is 23.5 Å². The van der Waals surface area contributed by atoms with Crippen LogP contribution in [0.3, 0.4) is 0 Å². The van der Waals surface area contributed by atoms with Gasteiger partial charge in [-0.05, 0) is 42.0 Å². The molecule has 0 aromatic heterocycles. The summed E-state index contributed by atoms with van der Waals surface area (Å²) in [5.74, 6) is -1.09. The molecule has 9 heteroatoms. The number of carbonyl (C=O) groups is 2. The Morgan fingerprint density at radius 2 is 1.81 bits per heavy atom. The molecule has 4 N–H and O–H groups in total. The van der Waals surface area contributed by atoms with Crippen LogP contribution in [-0.4, -0.2) is 41.9 Å². The Hall–Kier alpha value is -3.30. The third-order valence-electron chi connectivity index (χ3n) is 4.63. The number of halogens is 2. The summed E-state index contributed by atoms with van der Waals surface area (Å²) in [6, 6.07) is 10.1. The van der Waals surface area contributed by atoms with Gasteiger partial charge in [0.05, 0.1) is 25.2 Å². The first-order chi connectivity index (χ1) is 14.9. The Bertz CT molecular complexity index is 937. The van der Waals surface area contributed by atoms with Crippen LogP contribution in [0.1, 0.15) is 12.0 Å². The van der Waals surface area contributed by atoms with Crippen LogP contribution in [-0.2, 0) is 16.1 Å². The SMILES string of the molecule is O=C(C[C@@H]1C=C[C@H](NC(=O)Nc2ccc(F)cc2)[C@@H](CO)O1)NCc1cccc(F)c1. The normalized spacial score (nSPS) is 20.2. The highest BCUT2D eigenvalue weighted by Crippen LogP contribution is 2.16. The molecule has 3 atom stereocenters. The maximum absolute atomic E-state index is 13.2. The lowest BCUT2D eigenvalue weighted by Gasteiger charge is -2.31. The van der Waals surface area contributed by atoms with Crippen LogP contribution >= 0.6 is 0 Å². The van der Waals surface area contributed by atoms with Crippen molar-refractivity contribution >= 4 is 17.6 Å². The molecule has 164 valence electrons. The quantitative estimate of drug-likeness (QED) is 0.506. The van der Waals surface area contributed by atoms with E-state index in [2.05, 4.69) is 16.0 Å². The fourth-order valence-corrected chi connectivity index (χ4v) is 3.09. The molecular weight excluding hydrogens is 408 g/mol. The lowest BCUT2D eigenvalue weighted by Crippen LogP contribution is -2.50. The number of carbonyl (C=O) groups excluding carboxylic acids is 2. The Labute approximate surface area is 178 Å². The zero-order valence-corrected chi connectivity index (χ0v) is 16.6. The predicted octanol–water partition coefficient (Wildman–Crippen LogP) is 2.48. The van der Waals surface area contributed by atoms with E-state index >= 15 is 0 Å². The number of hydrogen-bond acceptors (Lipinski definition) is 4. The summed E-state index contributed by atoms with van der Waals surface area (Å²) in [4.78, 5) is 24.3. The zero-order valence-electron chi connectivity index (χ0n) is 16.6. The Kier molecular flexibility index (Phi) is 7.69. The van der Waals surface area contributed by atoms with Crippen LogP contribution in [0.5, 0.6) is 0 Å². The number of aliphatic hydroxyl groups excluding tert-OH is 1. The smallest absolute Gasteiger partial charge is 0.319 e. The first-order valence-electron chi connectivity index (χ1n) is 9.72. The van der Waals surface area contributed by atoms with E-state index in [0.29, 0.717) is 11.3 Å². The molecule has 0 fully saturated rings. The van der Waals surface area contributed by atoms with Crippen molar-refractivity contribution in [2.75, 3.05) is 11.9 Å². The maximum Gasteiger partial charge on any atom is 0.319 e. The lowest BCUT2D eigenvalue weighted by atomic mass is 10.0. The van der Waals surface area contributed by atoms with Crippen molar-refractivity contribution in [1.82, 2.24) is 10.6 Å². The van der Waals surface area contributed by atoms with Crippen molar-refractivity contribution in [1.29, 1.82) is 0 Å². The van der Waals surface area contributed by atoms with Gasteiger partial charge in [-0.3, -0.25) is 4.79 Å². The average molecular weight is 431 g/mol. The molecule has 0 saturated carbocycles. The van der Waals surface area contributed by atoms with Gasteiger partial charge in [0.15, 0.2) is 0 Å². The van der Waals surface area contributed by atoms with Crippen LogP contribution in [0.25, 0.3) is 0 Å². The van der Waals surface area contributed by atoms with Crippen molar-refractivity contribution in [2.24, 2.45) is 0 Å². The minimum atomic E-state index is -0.745. The van der Waals surface area contributed by atoms with Crippen LogP contribution < -0.4 is 16.0 Å². The Balaban J connectivity index is 1.49. The van der Waals surface area contributed by atoms with Gasteiger partial charge in [-0.2, -0.15) is 0 Å². The van der Waals surface area contributed by atoms with Gasteiger partial charge >= 0.3 is 6.03 Å². The molecule has 1 aliphatic heterocycles. The molecule has 1 aliphatic rings. The van der Waals surface area contributed by atoms with Crippen LogP contribution in [0.4, 0.5) is 19.3 Å². The van der Waals surface area contributed by atoms with Crippen LogP contribution in [0, 0.1) is 11.6 Å². The molecule has 1 heterocycles. The van der Waals surface area contributed by atoms with Crippen LogP contribution in [0.2, 0.25) is 0 Å². The fourth-order valence-electron chi connectivity index (χ4n) is 3.09. The molecule has 0 bridgehead atoms. The number of aliphatic hydroxyl groups is 1. The standard InChI is InChI=1S/C22H23F2N3O4/c23-15-4-6-17(7-5-15)26-22(30)27-19-9-8-18(31-20(19)13-28)11-21(29)25-12-14-2-1-3-16(24)10-14/h1-10,18-20,28H,11-13H2,(H,25,29)(H2,26,27,30)/t18-,19-,20+/m0/s1. The number of benzene rings is 2. The van der Waals surface area contributed by atoms with Gasteiger partial charge in [-0.1, -0.05) is 24.3 Å². The van der Waals surface area contributed by atoms with Crippen molar-refractivity contribution in [3.63, 3.8) is 0 Å². The van der Waals surface area contributed by atoms with Crippen molar-refractivity contribution in [2.45, 2.75) is 31.2 Å². The molecule has 0 radical (unpaired) electrons. The highest BCUT2D eigenvalue weighted by molar-refractivity contribution is 5.89. The summed E-state index contributed by atoms with van der Waals surface area (Å²) in [6.45, 7) is -0.183. The van der Waals surface area contributed by atoms with E-state index in [0.717, 1.165) is 0 Å². The third-order valence-corrected chi connectivity index (χ3v) is 4.63. The average Bonchev–Trinajstić information content (AvgIpc) is 2.75. The van der Waals surface area contributed by atoms with E-state index in [1.165, 1.54) is 36.4 Å². The van der Waals surface area contributed by atoms with Gasteiger partial charge in [0.2, 0.25) is 5.91 Å². The predicted molar refractivity (Wildman–Crippen MR) is 110 cm³/mol. The molecule has 7 nitrogen and oxygen atoms in total. The van der Waals surface area contributed by atoms with Crippen molar-refractivity contribution < 1.29 is 28.2 Å². The molecule has 0 spiro atoms. The first-order valence-corrected chi connectivity index (χ1v) is 9.72. The second-order valence-corrected chi connectivity index (χ2v) is 7.02. The number of rotatable bonds is 7. The van der Waals surface area contributed by atoms with Gasteiger partial charge in [-0.15, -0.1) is 0 Å². The monoisotopic (exact) mass is 431 g/mol. The highest BCUT2D eigenvalue weighted by atomic mass is 19.1. The molecule has 2 aromatic carbocycles. The van der Waals surface area contributed by atoms with E-state index in [1.807, 2.05) is 0 Å². The van der Waals surface area contributed by atoms with Gasteiger partial charge in [-0.25, -0.2) is 13.6 Å². The van der Waals surface area contributed by atoms with E-state index < -0.39 is 30.1 Å². The zero-order chi connectivity index (χ0) is 22.2. The Morgan fingerprint density at radius 1 is 1.03 bits per heavy atom. The molecule has 0 saturated heterocycles. The minimum Gasteiger partial charge on any atom is -0.394 e. The highest BCUT2D eigenvalue weighted by Gasteiger charge is 2.29. The number of amides is 3. The number of nitrogens with one attached hydrogen (secondary N) is 3. The summed E-state index contributed by atoms with van der Waals surface area (Å²) < 4.78 is 31.9. The summed E-state index contributed by atoms with van der Waals surface area (Å²) in [5, 5.41) is 17.5. The van der Waals surface area contributed by atoms with Crippen LogP contribution in [0.15, 0.2) is 60.7 Å². The third kappa shape index (κ3) is 6.87. The second-order valence-electron chi connectivity index (χ2n) is 7.02. The minimum absolute atomic E-state index is 0.0107. The number of urea groups is 1. The van der Waals surface area contributed by atoms with E-state index in [-0.39, 0.29) is 31.3 Å². The molecule has 2 aromatic rings. The van der Waals surface area contributed by atoms with Gasteiger partial charge in [0, 0.05) is 12.2 Å². The maximum atomic E-state index is 13.2. The molecule has 3 rings (SSSR count). The molecule has 31 heavy (non-hydrogen) atoms. The number of hydrogen-bond donors (Lipinski definition) is 4. The topological polar surface area (TPSA) is 99.7 Å². The Morgan fingerprint density at radius 3 is 2.52 bits per heavy atom. The molecular formula is C22H23F2N3O4.